The van der Waals surface area contributed by atoms with E-state index in [1.807, 2.05) is 47.4 Å². The van der Waals surface area contributed by atoms with E-state index in [9.17, 15) is 13.2 Å². The smallest absolute Gasteiger partial charge is 0.325 e. The van der Waals surface area contributed by atoms with Crippen LogP contribution in [0.15, 0.2) is 60.8 Å². The van der Waals surface area contributed by atoms with Gasteiger partial charge in [-0.3, -0.25) is 9.69 Å². The highest BCUT2D eigenvalue weighted by molar-refractivity contribution is 7.89. The third kappa shape index (κ3) is 6.01. The van der Waals surface area contributed by atoms with E-state index in [2.05, 4.69) is 10.3 Å². The van der Waals surface area contributed by atoms with E-state index in [1.54, 1.807) is 23.0 Å². The molecule has 1 atom stereocenters. The summed E-state index contributed by atoms with van der Waals surface area (Å²) in [6.07, 6.45) is 1.70. The van der Waals surface area contributed by atoms with Gasteiger partial charge in [0.2, 0.25) is 10.0 Å². The van der Waals surface area contributed by atoms with Crippen molar-refractivity contribution in [2.45, 2.75) is 25.7 Å². The van der Waals surface area contributed by atoms with Crippen LogP contribution in [0.25, 0.3) is 0 Å². The zero-order valence-corrected chi connectivity index (χ0v) is 20.3. The quantitative estimate of drug-likeness (QED) is 0.456. The summed E-state index contributed by atoms with van der Waals surface area (Å²) in [4.78, 5) is 14.6. The summed E-state index contributed by atoms with van der Waals surface area (Å²) in [5, 5.41) is 8.90. The maximum atomic E-state index is 13.2. The Morgan fingerprint density at radius 3 is 2.47 bits per heavy atom. The molecule has 0 radical (unpaired) electrons. The number of hydrogen-bond donors (Lipinski definition) is 0. The van der Waals surface area contributed by atoms with Gasteiger partial charge in [0.1, 0.15) is 6.04 Å². The number of carbonyl (C=O) groups excluding carboxylic acids is 1. The Bertz CT molecular complexity index is 1220. The zero-order chi connectivity index (χ0) is 24.1. The fraction of sp³-hybridized carbons (Fsp3) is 0.348. The zero-order valence-electron chi connectivity index (χ0n) is 18.7. The number of methoxy groups -OCH3 is 1. The maximum absolute atomic E-state index is 13.2. The van der Waals surface area contributed by atoms with Crippen LogP contribution in [0.1, 0.15) is 16.8 Å². The largest absolute Gasteiger partial charge is 0.468 e. The molecule has 0 aliphatic carbocycles. The molecule has 180 valence electrons. The van der Waals surface area contributed by atoms with Crippen molar-refractivity contribution in [1.29, 1.82) is 0 Å². The van der Waals surface area contributed by atoms with Crippen molar-refractivity contribution < 1.29 is 17.9 Å². The second-order valence-electron chi connectivity index (χ2n) is 8.15. The van der Waals surface area contributed by atoms with Gasteiger partial charge in [-0.15, -0.1) is 5.10 Å². The molecule has 0 saturated carbocycles. The van der Waals surface area contributed by atoms with E-state index >= 15 is 0 Å². The fourth-order valence-electron chi connectivity index (χ4n) is 3.93. The molecule has 34 heavy (non-hydrogen) atoms. The van der Waals surface area contributed by atoms with E-state index in [1.165, 1.54) is 11.4 Å². The van der Waals surface area contributed by atoms with E-state index in [-0.39, 0.29) is 25.4 Å². The Morgan fingerprint density at radius 2 is 1.76 bits per heavy atom. The Kier molecular flexibility index (Phi) is 7.62. The molecule has 3 aromatic rings. The van der Waals surface area contributed by atoms with Gasteiger partial charge in [-0.25, -0.2) is 13.1 Å². The summed E-state index contributed by atoms with van der Waals surface area (Å²) in [6, 6.07) is 16.1. The van der Waals surface area contributed by atoms with Crippen LogP contribution in [-0.2, 0) is 39.2 Å². The number of esters is 1. The molecule has 2 aromatic carbocycles. The molecule has 1 saturated heterocycles. The lowest BCUT2D eigenvalue weighted by Crippen LogP contribution is -2.48. The molecular formula is C23H26ClN5O4S. The number of halogens is 1. The van der Waals surface area contributed by atoms with Crippen molar-refractivity contribution in [1.82, 2.24) is 24.2 Å². The molecular weight excluding hydrogens is 478 g/mol. The lowest BCUT2D eigenvalue weighted by atomic mass is 10.2. The van der Waals surface area contributed by atoms with E-state index in [0.717, 1.165) is 11.1 Å². The predicted octanol–water partition coefficient (Wildman–Crippen LogP) is 2.17. The van der Waals surface area contributed by atoms with Gasteiger partial charge in [-0.2, -0.15) is 4.31 Å². The third-order valence-electron chi connectivity index (χ3n) is 5.69. The Hall–Kier alpha value is -2.79. The summed E-state index contributed by atoms with van der Waals surface area (Å²) in [6.45, 7) is 1.42. The highest BCUT2D eigenvalue weighted by Gasteiger charge is 2.40. The van der Waals surface area contributed by atoms with Crippen LogP contribution < -0.4 is 0 Å². The molecule has 1 aliphatic heterocycles. The second kappa shape index (κ2) is 10.6. The summed E-state index contributed by atoms with van der Waals surface area (Å²) in [5.41, 5.74) is 2.48. The second-order valence-corrected chi connectivity index (χ2v) is 10.6. The summed E-state index contributed by atoms with van der Waals surface area (Å²) in [5.74, 6) is -0.727. The molecule has 0 bridgehead atoms. The van der Waals surface area contributed by atoms with Gasteiger partial charge in [-0.1, -0.05) is 59.3 Å². The van der Waals surface area contributed by atoms with E-state index in [0.29, 0.717) is 23.8 Å². The fourth-order valence-corrected chi connectivity index (χ4v) is 5.65. The minimum atomic E-state index is -3.75. The number of carbonyl (C=O) groups is 1. The van der Waals surface area contributed by atoms with Gasteiger partial charge < -0.3 is 4.74 Å². The van der Waals surface area contributed by atoms with Crippen LogP contribution >= 0.6 is 11.6 Å². The first-order chi connectivity index (χ1) is 16.3. The minimum Gasteiger partial charge on any atom is -0.468 e. The summed E-state index contributed by atoms with van der Waals surface area (Å²) in [7, 11) is -2.49. The molecule has 0 N–H and O–H groups in total. The number of ether oxygens (including phenoxy) is 1. The van der Waals surface area contributed by atoms with Gasteiger partial charge in [0.15, 0.2) is 0 Å². The summed E-state index contributed by atoms with van der Waals surface area (Å²) < 4.78 is 34.2. The number of sulfonamides is 1. The number of nitrogens with zero attached hydrogens (tertiary/aromatic N) is 5. The molecule has 11 heteroatoms. The Labute approximate surface area is 203 Å². The van der Waals surface area contributed by atoms with Gasteiger partial charge in [0.05, 0.1) is 37.8 Å². The van der Waals surface area contributed by atoms with Crippen LogP contribution in [0, 0.1) is 0 Å². The number of rotatable bonds is 7. The van der Waals surface area contributed by atoms with E-state index < -0.39 is 22.0 Å². The standard InChI is InChI=1S/C23H26ClN5O4S/c1-33-23(30)22-17-27(13-19-7-9-20(24)10-8-19)11-12-34(31,32)29(22)16-21-15-28(26-25-21)14-18-5-3-2-4-6-18/h2-10,15,22H,11-14,16-17H2,1H3. The number of aromatic nitrogens is 3. The Morgan fingerprint density at radius 1 is 1.06 bits per heavy atom. The van der Waals surface area contributed by atoms with Gasteiger partial charge in [0, 0.05) is 24.7 Å². The van der Waals surface area contributed by atoms with Crippen LogP contribution in [-0.4, -0.2) is 70.6 Å². The van der Waals surface area contributed by atoms with Crippen molar-refractivity contribution in [3.8, 4) is 0 Å². The van der Waals surface area contributed by atoms with Gasteiger partial charge >= 0.3 is 5.97 Å². The van der Waals surface area contributed by atoms with Crippen molar-refractivity contribution in [3.63, 3.8) is 0 Å². The molecule has 1 fully saturated rings. The molecule has 1 aliphatic rings. The lowest BCUT2D eigenvalue weighted by Gasteiger charge is -2.28. The maximum Gasteiger partial charge on any atom is 0.325 e. The van der Waals surface area contributed by atoms with Crippen LogP contribution in [0.2, 0.25) is 5.02 Å². The molecule has 0 spiro atoms. The van der Waals surface area contributed by atoms with Crippen LogP contribution in [0.3, 0.4) is 0 Å². The SMILES string of the molecule is COC(=O)C1CN(Cc2ccc(Cl)cc2)CCS(=O)(=O)N1Cc1cn(Cc2ccccc2)nn1. The van der Waals surface area contributed by atoms with Gasteiger partial charge in [-0.05, 0) is 23.3 Å². The van der Waals surface area contributed by atoms with Crippen molar-refractivity contribution in [3.05, 3.63) is 82.6 Å². The molecule has 1 aromatic heterocycles. The first kappa shape index (κ1) is 24.3. The lowest BCUT2D eigenvalue weighted by molar-refractivity contribution is -0.145. The predicted molar refractivity (Wildman–Crippen MR) is 127 cm³/mol. The van der Waals surface area contributed by atoms with E-state index in [4.69, 9.17) is 16.3 Å². The molecule has 1 unspecified atom stereocenters. The molecule has 4 rings (SSSR count). The highest BCUT2D eigenvalue weighted by Crippen LogP contribution is 2.21. The minimum absolute atomic E-state index is 0.0638. The van der Waals surface area contributed by atoms with Gasteiger partial charge in [0.25, 0.3) is 0 Å². The van der Waals surface area contributed by atoms with Crippen LogP contribution in [0.4, 0.5) is 0 Å². The number of benzene rings is 2. The van der Waals surface area contributed by atoms with Crippen molar-refractivity contribution in [2.75, 3.05) is 26.0 Å². The normalized spacial score (nSPS) is 18.9. The molecule has 9 nitrogen and oxygen atoms in total. The first-order valence-corrected chi connectivity index (χ1v) is 12.8. The van der Waals surface area contributed by atoms with Crippen molar-refractivity contribution in [2.24, 2.45) is 0 Å². The monoisotopic (exact) mass is 503 g/mol. The molecule has 0 amide bonds. The average Bonchev–Trinajstić information content (AvgIpc) is 3.23. The highest BCUT2D eigenvalue weighted by atomic mass is 35.5. The topological polar surface area (TPSA) is 97.6 Å². The third-order valence-corrected chi connectivity index (χ3v) is 7.73. The molecule has 2 heterocycles. The summed E-state index contributed by atoms with van der Waals surface area (Å²) >= 11 is 5.97. The Balaban J connectivity index is 1.53. The number of hydrogen-bond acceptors (Lipinski definition) is 7. The first-order valence-electron chi connectivity index (χ1n) is 10.8. The van der Waals surface area contributed by atoms with Crippen LogP contribution in [0.5, 0.6) is 0 Å². The average molecular weight is 504 g/mol. The van der Waals surface area contributed by atoms with Crippen molar-refractivity contribution >= 4 is 27.6 Å².